The number of carbonyl (C=O) groups excluding carboxylic acids is 1. The molecule has 1 aromatic rings. The number of carbonyl (C=O) groups is 1. The lowest BCUT2D eigenvalue weighted by Crippen LogP contribution is -2.39. The van der Waals surface area contributed by atoms with Crippen LogP contribution in [-0.2, 0) is 4.74 Å². The highest BCUT2D eigenvalue weighted by molar-refractivity contribution is 5.95. The molecule has 0 radical (unpaired) electrons. The van der Waals surface area contributed by atoms with Gasteiger partial charge in [-0.25, -0.2) is 0 Å². The van der Waals surface area contributed by atoms with Crippen molar-refractivity contribution in [3.8, 4) is 0 Å². The second-order valence-corrected chi connectivity index (χ2v) is 6.42. The Balaban J connectivity index is 1.72. The van der Waals surface area contributed by atoms with Gasteiger partial charge in [0.25, 0.3) is 11.5 Å². The minimum Gasteiger partial charge on any atom is -0.373 e. The molecule has 1 saturated carbocycles. The molecule has 5 nitrogen and oxygen atoms in total. The topological polar surface area (TPSA) is 71.2 Å². The van der Waals surface area contributed by atoms with Gasteiger partial charge in [-0.1, -0.05) is 12.8 Å². The van der Waals surface area contributed by atoms with Gasteiger partial charge in [0, 0.05) is 5.69 Å². The average Bonchev–Trinajstić information content (AvgIpc) is 2.99. The number of pyridine rings is 1. The second-order valence-electron chi connectivity index (χ2n) is 6.42. The summed E-state index contributed by atoms with van der Waals surface area (Å²) in [6, 6.07) is 1.83. The Kier molecular flexibility index (Phi) is 3.61. The van der Waals surface area contributed by atoms with Crippen LogP contribution in [-0.4, -0.2) is 29.1 Å². The number of aromatic amines is 1. The molecular formula is C16H22N2O3. The van der Waals surface area contributed by atoms with E-state index in [1.165, 1.54) is 12.8 Å². The SMILES string of the molecule is Cc1cc(C)c(C(=O)N[C@H]2COC3(CCCC3)C2)c(=O)[nH]1. The fourth-order valence-corrected chi connectivity index (χ4v) is 3.70. The summed E-state index contributed by atoms with van der Waals surface area (Å²) in [6.45, 7) is 4.15. The molecule has 2 fully saturated rings. The Morgan fingerprint density at radius 2 is 2.10 bits per heavy atom. The first kappa shape index (κ1) is 14.3. The molecule has 1 atom stereocenters. The summed E-state index contributed by atoms with van der Waals surface area (Å²) in [6.07, 6.45) is 5.45. The van der Waals surface area contributed by atoms with Gasteiger partial charge < -0.3 is 15.0 Å². The number of hydrogen-bond donors (Lipinski definition) is 2. The van der Waals surface area contributed by atoms with Crippen LogP contribution in [0.15, 0.2) is 10.9 Å². The fourth-order valence-electron chi connectivity index (χ4n) is 3.70. The van der Waals surface area contributed by atoms with Crippen LogP contribution in [0, 0.1) is 13.8 Å². The molecule has 1 aliphatic carbocycles. The Hall–Kier alpha value is -1.62. The van der Waals surface area contributed by atoms with Crippen molar-refractivity contribution in [3.63, 3.8) is 0 Å². The summed E-state index contributed by atoms with van der Waals surface area (Å²) in [4.78, 5) is 27.0. The quantitative estimate of drug-likeness (QED) is 0.873. The zero-order valence-electron chi connectivity index (χ0n) is 12.6. The normalized spacial score (nSPS) is 23.6. The van der Waals surface area contributed by atoms with E-state index in [0.29, 0.717) is 12.2 Å². The molecule has 3 rings (SSSR count). The number of aryl methyl sites for hydroxylation is 2. The number of nitrogens with one attached hydrogen (secondary N) is 2. The molecule has 21 heavy (non-hydrogen) atoms. The van der Waals surface area contributed by atoms with Gasteiger partial charge in [0.15, 0.2) is 0 Å². The molecule has 2 aliphatic rings. The van der Waals surface area contributed by atoms with Crippen LogP contribution in [0.4, 0.5) is 0 Å². The van der Waals surface area contributed by atoms with Crippen molar-refractivity contribution in [1.29, 1.82) is 0 Å². The van der Waals surface area contributed by atoms with E-state index < -0.39 is 0 Å². The van der Waals surface area contributed by atoms with Crippen LogP contribution in [0.25, 0.3) is 0 Å². The molecule has 1 saturated heterocycles. The molecular weight excluding hydrogens is 268 g/mol. The van der Waals surface area contributed by atoms with E-state index >= 15 is 0 Å². The number of rotatable bonds is 2. The van der Waals surface area contributed by atoms with Crippen molar-refractivity contribution < 1.29 is 9.53 Å². The Labute approximate surface area is 124 Å². The highest BCUT2D eigenvalue weighted by Crippen LogP contribution is 2.40. The highest BCUT2D eigenvalue weighted by atomic mass is 16.5. The first-order valence-corrected chi connectivity index (χ1v) is 7.64. The number of aromatic nitrogens is 1. The van der Waals surface area contributed by atoms with Crippen LogP contribution in [0.3, 0.4) is 0 Å². The average molecular weight is 290 g/mol. The number of ether oxygens (including phenoxy) is 1. The summed E-state index contributed by atoms with van der Waals surface area (Å²) in [5.41, 5.74) is 1.35. The Bertz CT molecular complexity index is 614. The summed E-state index contributed by atoms with van der Waals surface area (Å²) in [5, 5.41) is 2.96. The predicted molar refractivity (Wildman–Crippen MR) is 79.6 cm³/mol. The van der Waals surface area contributed by atoms with Crippen molar-refractivity contribution in [3.05, 3.63) is 33.2 Å². The smallest absolute Gasteiger partial charge is 0.261 e. The minimum absolute atomic E-state index is 0.00991. The first-order valence-electron chi connectivity index (χ1n) is 7.64. The van der Waals surface area contributed by atoms with Crippen molar-refractivity contribution in [2.45, 2.75) is 57.6 Å². The van der Waals surface area contributed by atoms with Crippen molar-refractivity contribution in [1.82, 2.24) is 10.3 Å². The zero-order chi connectivity index (χ0) is 15.0. The third kappa shape index (κ3) is 2.75. The van der Waals surface area contributed by atoms with Crippen LogP contribution in [0.5, 0.6) is 0 Å². The van der Waals surface area contributed by atoms with Gasteiger partial charge in [-0.15, -0.1) is 0 Å². The predicted octanol–water partition coefficient (Wildman–Crippen LogP) is 1.82. The Morgan fingerprint density at radius 3 is 2.76 bits per heavy atom. The van der Waals surface area contributed by atoms with Crippen LogP contribution in [0.2, 0.25) is 0 Å². The zero-order valence-corrected chi connectivity index (χ0v) is 12.6. The van der Waals surface area contributed by atoms with Gasteiger partial charge >= 0.3 is 0 Å². The van der Waals surface area contributed by atoms with Crippen molar-refractivity contribution >= 4 is 5.91 Å². The van der Waals surface area contributed by atoms with Gasteiger partial charge in [0.05, 0.1) is 18.2 Å². The molecule has 1 aliphatic heterocycles. The molecule has 1 amide bonds. The van der Waals surface area contributed by atoms with Gasteiger partial charge in [-0.05, 0) is 44.7 Å². The molecule has 2 N–H and O–H groups in total. The van der Waals surface area contributed by atoms with Crippen molar-refractivity contribution in [2.24, 2.45) is 0 Å². The van der Waals surface area contributed by atoms with Crippen LogP contribution >= 0.6 is 0 Å². The first-order chi connectivity index (χ1) is 9.99. The van der Waals surface area contributed by atoms with E-state index in [2.05, 4.69) is 10.3 Å². The van der Waals surface area contributed by atoms with Gasteiger partial charge in [0.1, 0.15) is 5.56 Å². The summed E-state index contributed by atoms with van der Waals surface area (Å²) < 4.78 is 5.93. The molecule has 0 bridgehead atoms. The maximum Gasteiger partial charge on any atom is 0.261 e. The molecule has 114 valence electrons. The summed E-state index contributed by atoms with van der Waals surface area (Å²) >= 11 is 0. The standard InChI is InChI=1S/C16H22N2O3/c1-10-7-11(2)17-14(19)13(10)15(20)18-12-8-16(21-9-12)5-3-4-6-16/h7,12H,3-6,8-9H2,1-2H3,(H,17,19)(H,18,20)/t12-/m1/s1. The lowest BCUT2D eigenvalue weighted by Gasteiger charge is -2.21. The summed E-state index contributed by atoms with van der Waals surface area (Å²) in [5.74, 6) is -0.294. The lowest BCUT2D eigenvalue weighted by molar-refractivity contribution is 0.00987. The Morgan fingerprint density at radius 1 is 1.38 bits per heavy atom. The van der Waals surface area contributed by atoms with E-state index in [-0.39, 0.29) is 28.7 Å². The maximum absolute atomic E-state index is 12.4. The number of amides is 1. The van der Waals surface area contributed by atoms with E-state index in [0.717, 1.165) is 25.0 Å². The largest absolute Gasteiger partial charge is 0.373 e. The van der Waals surface area contributed by atoms with Crippen molar-refractivity contribution in [2.75, 3.05) is 6.61 Å². The third-order valence-electron chi connectivity index (χ3n) is 4.65. The molecule has 5 heteroatoms. The second kappa shape index (κ2) is 5.30. The van der Waals surface area contributed by atoms with E-state index in [4.69, 9.17) is 4.74 Å². The van der Waals surface area contributed by atoms with Crippen LogP contribution < -0.4 is 10.9 Å². The molecule has 1 spiro atoms. The molecule has 1 aromatic heterocycles. The van der Waals surface area contributed by atoms with Gasteiger partial charge in [-0.2, -0.15) is 0 Å². The third-order valence-corrected chi connectivity index (χ3v) is 4.65. The van der Waals surface area contributed by atoms with E-state index in [1.54, 1.807) is 6.92 Å². The highest BCUT2D eigenvalue weighted by Gasteiger charge is 2.42. The maximum atomic E-state index is 12.4. The summed E-state index contributed by atoms with van der Waals surface area (Å²) in [7, 11) is 0. The van der Waals surface area contributed by atoms with Gasteiger partial charge in [0.2, 0.25) is 0 Å². The monoisotopic (exact) mass is 290 g/mol. The molecule has 0 aromatic carbocycles. The van der Waals surface area contributed by atoms with E-state index in [9.17, 15) is 9.59 Å². The van der Waals surface area contributed by atoms with Crippen LogP contribution in [0.1, 0.15) is 53.7 Å². The minimum atomic E-state index is -0.320. The van der Waals surface area contributed by atoms with Gasteiger partial charge in [-0.3, -0.25) is 9.59 Å². The number of hydrogen-bond acceptors (Lipinski definition) is 3. The lowest BCUT2D eigenvalue weighted by atomic mass is 9.96. The molecule has 2 heterocycles. The fraction of sp³-hybridized carbons (Fsp3) is 0.625. The molecule has 0 unspecified atom stereocenters. The number of H-pyrrole nitrogens is 1. The van der Waals surface area contributed by atoms with E-state index in [1.807, 2.05) is 13.0 Å².